The second-order valence-electron chi connectivity index (χ2n) is 7.62. The summed E-state index contributed by atoms with van der Waals surface area (Å²) >= 11 is 5.31. The average molecular weight is 311 g/mol. The molecule has 21 heavy (non-hydrogen) atoms. The molecule has 2 fully saturated rings. The fourth-order valence-corrected chi connectivity index (χ4v) is 4.27. The molecule has 0 aromatic heterocycles. The van der Waals surface area contributed by atoms with Crippen molar-refractivity contribution in [1.82, 2.24) is 5.32 Å². The SMILES string of the molecule is CC1(C)CCCCC1NC(=O)C1(C(N)=S)CCCCCC1. The van der Waals surface area contributed by atoms with Gasteiger partial charge in [0.15, 0.2) is 0 Å². The van der Waals surface area contributed by atoms with Gasteiger partial charge in [0.05, 0.1) is 10.4 Å². The number of rotatable bonds is 3. The third kappa shape index (κ3) is 3.58. The van der Waals surface area contributed by atoms with E-state index in [-0.39, 0.29) is 17.4 Å². The van der Waals surface area contributed by atoms with Gasteiger partial charge in [-0.25, -0.2) is 0 Å². The Labute approximate surface area is 134 Å². The summed E-state index contributed by atoms with van der Waals surface area (Å²) in [6.07, 6.45) is 10.8. The molecule has 2 saturated carbocycles. The summed E-state index contributed by atoms with van der Waals surface area (Å²) in [5, 5.41) is 3.32. The van der Waals surface area contributed by atoms with Crippen molar-refractivity contribution in [3.8, 4) is 0 Å². The summed E-state index contributed by atoms with van der Waals surface area (Å²) in [5.74, 6) is 0.0943. The van der Waals surface area contributed by atoms with Crippen LogP contribution in [0.4, 0.5) is 0 Å². The third-order valence-corrected chi connectivity index (χ3v) is 6.07. The van der Waals surface area contributed by atoms with Crippen LogP contribution in [0.1, 0.15) is 78.1 Å². The molecule has 4 heteroatoms. The van der Waals surface area contributed by atoms with Crippen LogP contribution in [-0.4, -0.2) is 16.9 Å². The van der Waals surface area contributed by atoms with E-state index >= 15 is 0 Å². The second kappa shape index (κ2) is 6.64. The molecule has 3 N–H and O–H groups in total. The fourth-order valence-electron chi connectivity index (χ4n) is 3.98. The Balaban J connectivity index is 2.13. The lowest BCUT2D eigenvalue weighted by molar-refractivity contribution is -0.130. The molecule has 0 aliphatic heterocycles. The van der Waals surface area contributed by atoms with E-state index in [4.69, 9.17) is 18.0 Å². The highest BCUT2D eigenvalue weighted by molar-refractivity contribution is 7.80. The molecular weight excluding hydrogens is 280 g/mol. The van der Waals surface area contributed by atoms with Crippen LogP contribution in [0.3, 0.4) is 0 Å². The van der Waals surface area contributed by atoms with Crippen LogP contribution in [0.5, 0.6) is 0 Å². The van der Waals surface area contributed by atoms with Gasteiger partial charge in [-0.05, 0) is 31.1 Å². The van der Waals surface area contributed by atoms with Crippen LogP contribution in [0.2, 0.25) is 0 Å². The molecule has 2 rings (SSSR count). The third-order valence-electron chi connectivity index (χ3n) is 5.68. The molecule has 0 aromatic carbocycles. The van der Waals surface area contributed by atoms with Gasteiger partial charge in [0.1, 0.15) is 0 Å². The van der Waals surface area contributed by atoms with Crippen molar-refractivity contribution in [3.63, 3.8) is 0 Å². The first-order valence-electron chi connectivity index (χ1n) is 8.49. The minimum atomic E-state index is -0.598. The van der Waals surface area contributed by atoms with Gasteiger partial charge in [-0.15, -0.1) is 0 Å². The summed E-state index contributed by atoms with van der Waals surface area (Å²) in [4.78, 5) is 13.4. The van der Waals surface area contributed by atoms with Crippen molar-refractivity contribution in [2.75, 3.05) is 0 Å². The minimum absolute atomic E-state index is 0.0943. The Hall–Kier alpha value is -0.640. The van der Waals surface area contributed by atoms with Crippen LogP contribution in [0.25, 0.3) is 0 Å². The average Bonchev–Trinajstić information content (AvgIpc) is 2.67. The molecule has 0 heterocycles. The molecule has 0 spiro atoms. The van der Waals surface area contributed by atoms with Gasteiger partial charge in [-0.1, -0.05) is 64.6 Å². The van der Waals surface area contributed by atoms with Crippen molar-refractivity contribution in [3.05, 3.63) is 0 Å². The number of carbonyl (C=O) groups excluding carboxylic acids is 1. The summed E-state index contributed by atoms with van der Waals surface area (Å²) in [6.45, 7) is 4.52. The van der Waals surface area contributed by atoms with Crippen molar-refractivity contribution in [1.29, 1.82) is 0 Å². The van der Waals surface area contributed by atoms with Crippen LogP contribution in [0, 0.1) is 10.8 Å². The van der Waals surface area contributed by atoms with E-state index in [0.717, 1.165) is 32.1 Å². The van der Waals surface area contributed by atoms with Gasteiger partial charge < -0.3 is 11.1 Å². The molecular formula is C17H30N2OS. The Morgan fingerprint density at radius 1 is 1.05 bits per heavy atom. The number of nitrogens with one attached hydrogen (secondary N) is 1. The Kier molecular flexibility index (Phi) is 5.29. The van der Waals surface area contributed by atoms with E-state index in [0.29, 0.717) is 4.99 Å². The van der Waals surface area contributed by atoms with Crippen LogP contribution in [0.15, 0.2) is 0 Å². The standard InChI is InChI=1S/C17H30N2OS/c1-16(2)10-8-5-9-13(16)19-15(20)17(14(18)21)11-6-3-4-7-12-17/h13H,3-12H2,1-2H3,(H2,18,21)(H,19,20). The summed E-state index contributed by atoms with van der Waals surface area (Å²) in [6, 6.07) is 0.258. The smallest absolute Gasteiger partial charge is 0.233 e. The molecule has 0 aromatic rings. The summed E-state index contributed by atoms with van der Waals surface area (Å²) in [5.41, 5.74) is 5.59. The maximum atomic E-state index is 13.0. The Morgan fingerprint density at radius 2 is 1.62 bits per heavy atom. The van der Waals surface area contributed by atoms with E-state index in [2.05, 4.69) is 19.2 Å². The first kappa shape index (κ1) is 16.7. The molecule has 120 valence electrons. The summed E-state index contributed by atoms with van der Waals surface area (Å²) in [7, 11) is 0. The van der Waals surface area contributed by atoms with E-state index in [9.17, 15) is 4.79 Å². The second-order valence-corrected chi connectivity index (χ2v) is 8.06. The normalized spacial score (nSPS) is 28.4. The molecule has 3 nitrogen and oxygen atoms in total. The quantitative estimate of drug-likeness (QED) is 0.617. The maximum Gasteiger partial charge on any atom is 0.233 e. The Bertz CT molecular complexity index is 398. The van der Waals surface area contributed by atoms with Gasteiger partial charge in [-0.3, -0.25) is 4.79 Å². The fraction of sp³-hybridized carbons (Fsp3) is 0.882. The molecule has 1 atom stereocenters. The first-order valence-corrected chi connectivity index (χ1v) is 8.90. The zero-order valence-electron chi connectivity index (χ0n) is 13.5. The summed E-state index contributed by atoms with van der Waals surface area (Å²) < 4.78 is 0. The molecule has 0 radical (unpaired) electrons. The van der Waals surface area contributed by atoms with Crippen LogP contribution >= 0.6 is 12.2 Å². The van der Waals surface area contributed by atoms with Crippen molar-refractivity contribution >= 4 is 23.1 Å². The van der Waals surface area contributed by atoms with E-state index in [1.807, 2.05) is 0 Å². The van der Waals surface area contributed by atoms with Crippen molar-refractivity contribution in [2.24, 2.45) is 16.6 Å². The number of hydrogen-bond donors (Lipinski definition) is 2. The van der Waals surface area contributed by atoms with Crippen LogP contribution in [-0.2, 0) is 4.79 Å². The monoisotopic (exact) mass is 310 g/mol. The van der Waals surface area contributed by atoms with E-state index in [1.54, 1.807) is 0 Å². The van der Waals surface area contributed by atoms with Crippen LogP contribution < -0.4 is 11.1 Å². The lowest BCUT2D eigenvalue weighted by atomic mass is 9.72. The van der Waals surface area contributed by atoms with Crippen molar-refractivity contribution in [2.45, 2.75) is 84.1 Å². The molecule has 1 unspecified atom stereocenters. The zero-order valence-corrected chi connectivity index (χ0v) is 14.4. The first-order chi connectivity index (χ1) is 9.88. The largest absolute Gasteiger partial charge is 0.392 e. The highest BCUT2D eigenvalue weighted by Gasteiger charge is 2.44. The maximum absolute atomic E-state index is 13.0. The number of nitrogens with two attached hydrogens (primary N) is 1. The number of amides is 1. The predicted molar refractivity (Wildman–Crippen MR) is 91.1 cm³/mol. The molecule has 1 amide bonds. The van der Waals surface area contributed by atoms with Gasteiger partial charge in [-0.2, -0.15) is 0 Å². The molecule has 0 bridgehead atoms. The lowest BCUT2D eigenvalue weighted by Gasteiger charge is -2.41. The molecule has 2 aliphatic carbocycles. The van der Waals surface area contributed by atoms with Gasteiger partial charge >= 0.3 is 0 Å². The lowest BCUT2D eigenvalue weighted by Crippen LogP contribution is -2.55. The van der Waals surface area contributed by atoms with E-state index < -0.39 is 5.41 Å². The van der Waals surface area contributed by atoms with Gasteiger partial charge in [0, 0.05) is 6.04 Å². The topological polar surface area (TPSA) is 55.1 Å². The predicted octanol–water partition coefficient (Wildman–Crippen LogP) is 3.70. The van der Waals surface area contributed by atoms with Gasteiger partial charge in [0.2, 0.25) is 5.91 Å². The Morgan fingerprint density at radius 3 is 2.14 bits per heavy atom. The van der Waals surface area contributed by atoms with E-state index in [1.165, 1.54) is 32.1 Å². The zero-order chi connectivity index (χ0) is 15.5. The number of thiocarbonyl (C=S) groups is 1. The molecule has 2 aliphatic rings. The number of hydrogen-bond acceptors (Lipinski definition) is 2. The molecule has 0 saturated heterocycles. The highest BCUT2D eigenvalue weighted by Crippen LogP contribution is 2.39. The van der Waals surface area contributed by atoms with Gasteiger partial charge in [0.25, 0.3) is 0 Å². The highest BCUT2D eigenvalue weighted by atomic mass is 32.1. The minimum Gasteiger partial charge on any atom is -0.392 e. The number of carbonyl (C=O) groups is 1. The van der Waals surface area contributed by atoms with Crippen molar-refractivity contribution < 1.29 is 4.79 Å².